The van der Waals surface area contributed by atoms with Gasteiger partial charge in [0.2, 0.25) is 0 Å². The molecular formula is C18H34O6. The van der Waals surface area contributed by atoms with Crippen molar-refractivity contribution < 1.29 is 28.4 Å². The van der Waals surface area contributed by atoms with E-state index in [1.807, 2.05) is 0 Å². The lowest BCUT2D eigenvalue weighted by Crippen LogP contribution is -2.39. The fourth-order valence-electron chi connectivity index (χ4n) is 3.16. The molecule has 0 N–H and O–H groups in total. The molecule has 1 spiro atoms. The maximum absolute atomic E-state index is 6.24. The third-order valence-electron chi connectivity index (χ3n) is 4.50. The Hall–Kier alpha value is -0.240. The van der Waals surface area contributed by atoms with Crippen molar-refractivity contribution in [3.8, 4) is 0 Å². The molecule has 2 rings (SSSR count). The second-order valence-corrected chi connectivity index (χ2v) is 6.45. The molecule has 0 radical (unpaired) electrons. The van der Waals surface area contributed by atoms with Crippen LogP contribution in [0, 0.1) is 0 Å². The van der Waals surface area contributed by atoms with Crippen LogP contribution in [-0.4, -0.2) is 78.3 Å². The first-order valence-electron chi connectivity index (χ1n) is 9.44. The molecule has 0 aromatic carbocycles. The van der Waals surface area contributed by atoms with Gasteiger partial charge in [-0.3, -0.25) is 0 Å². The van der Waals surface area contributed by atoms with Crippen molar-refractivity contribution in [2.75, 3.05) is 72.7 Å². The zero-order valence-corrected chi connectivity index (χ0v) is 15.0. The van der Waals surface area contributed by atoms with Crippen LogP contribution in [-0.2, 0) is 28.4 Å². The molecule has 1 saturated carbocycles. The lowest BCUT2D eigenvalue weighted by molar-refractivity contribution is -0.125. The summed E-state index contributed by atoms with van der Waals surface area (Å²) in [5, 5.41) is 0. The van der Waals surface area contributed by atoms with Crippen molar-refractivity contribution in [2.45, 2.75) is 44.1 Å². The Balaban J connectivity index is 1.76. The Bertz CT molecular complexity index is 271. The fraction of sp³-hybridized carbons (Fsp3) is 1.00. The molecule has 6 nitrogen and oxygen atoms in total. The van der Waals surface area contributed by atoms with Gasteiger partial charge in [0.25, 0.3) is 0 Å². The summed E-state index contributed by atoms with van der Waals surface area (Å²) in [5.74, 6) is 0. The Labute approximate surface area is 146 Å². The lowest BCUT2D eigenvalue weighted by atomic mass is 9.95. The molecule has 0 unspecified atom stereocenters. The van der Waals surface area contributed by atoms with Crippen LogP contribution >= 0.6 is 0 Å². The van der Waals surface area contributed by atoms with Gasteiger partial charge in [-0.15, -0.1) is 0 Å². The molecule has 2 aliphatic rings. The highest BCUT2D eigenvalue weighted by molar-refractivity contribution is 4.83. The highest BCUT2D eigenvalue weighted by Gasteiger charge is 2.32. The molecule has 0 amide bonds. The van der Waals surface area contributed by atoms with Crippen LogP contribution in [0.25, 0.3) is 0 Å². The molecule has 1 aliphatic heterocycles. The molecule has 0 aromatic rings. The molecular weight excluding hydrogens is 312 g/mol. The number of hydrogen-bond donors (Lipinski definition) is 0. The van der Waals surface area contributed by atoms with Gasteiger partial charge < -0.3 is 28.4 Å². The van der Waals surface area contributed by atoms with Gasteiger partial charge in [0.15, 0.2) is 0 Å². The molecule has 1 aliphatic carbocycles. The second kappa shape index (κ2) is 13.0. The van der Waals surface area contributed by atoms with Crippen LogP contribution < -0.4 is 0 Å². The summed E-state index contributed by atoms with van der Waals surface area (Å²) in [6.07, 6.45) is 7.16. The van der Waals surface area contributed by atoms with Crippen LogP contribution in [0.15, 0.2) is 0 Å². The van der Waals surface area contributed by atoms with E-state index >= 15 is 0 Å². The quantitative estimate of drug-likeness (QED) is 0.670. The lowest BCUT2D eigenvalue weighted by Gasteiger charge is -2.33. The standard InChI is InChI=1S/C18H34O6/c1-2-4-6-18(5-3-1)17-23-14-13-21-10-9-19-7-8-20-11-12-22-15-16-24-18/h1-17H2. The summed E-state index contributed by atoms with van der Waals surface area (Å²) in [7, 11) is 0. The number of hydrogen-bond acceptors (Lipinski definition) is 6. The van der Waals surface area contributed by atoms with Crippen LogP contribution in [0.4, 0.5) is 0 Å². The van der Waals surface area contributed by atoms with Crippen LogP contribution in [0.3, 0.4) is 0 Å². The Morgan fingerprint density at radius 2 is 0.833 bits per heavy atom. The predicted octanol–water partition coefficient (Wildman–Crippen LogP) is 2.19. The van der Waals surface area contributed by atoms with E-state index in [4.69, 9.17) is 28.4 Å². The van der Waals surface area contributed by atoms with E-state index in [0.29, 0.717) is 72.7 Å². The minimum Gasteiger partial charge on any atom is -0.377 e. The van der Waals surface area contributed by atoms with Crippen LogP contribution in [0.1, 0.15) is 38.5 Å². The van der Waals surface area contributed by atoms with Gasteiger partial charge in [-0.1, -0.05) is 25.7 Å². The smallest absolute Gasteiger partial charge is 0.0916 e. The summed E-state index contributed by atoms with van der Waals surface area (Å²) in [6, 6.07) is 0. The highest BCUT2D eigenvalue weighted by atomic mass is 16.6. The number of rotatable bonds is 0. The first-order valence-corrected chi connectivity index (χ1v) is 9.44. The highest BCUT2D eigenvalue weighted by Crippen LogP contribution is 2.31. The third kappa shape index (κ3) is 8.74. The molecule has 0 bridgehead atoms. The van der Waals surface area contributed by atoms with Gasteiger partial charge in [0.05, 0.1) is 78.3 Å². The van der Waals surface area contributed by atoms with Gasteiger partial charge >= 0.3 is 0 Å². The maximum atomic E-state index is 6.24. The summed E-state index contributed by atoms with van der Waals surface area (Å²) >= 11 is 0. The zero-order chi connectivity index (χ0) is 16.8. The van der Waals surface area contributed by atoms with Crippen molar-refractivity contribution >= 4 is 0 Å². The summed E-state index contributed by atoms with van der Waals surface area (Å²) in [4.78, 5) is 0. The monoisotopic (exact) mass is 346 g/mol. The first kappa shape index (κ1) is 20.1. The topological polar surface area (TPSA) is 55.4 Å². The molecule has 142 valence electrons. The average Bonchev–Trinajstić information content (AvgIpc) is 2.83. The van der Waals surface area contributed by atoms with E-state index in [1.165, 1.54) is 25.7 Å². The molecule has 6 heteroatoms. The van der Waals surface area contributed by atoms with E-state index in [2.05, 4.69) is 0 Å². The maximum Gasteiger partial charge on any atom is 0.0916 e. The van der Waals surface area contributed by atoms with Gasteiger partial charge in [-0.25, -0.2) is 0 Å². The Morgan fingerprint density at radius 1 is 0.417 bits per heavy atom. The van der Waals surface area contributed by atoms with Crippen molar-refractivity contribution in [3.63, 3.8) is 0 Å². The van der Waals surface area contributed by atoms with E-state index in [0.717, 1.165) is 12.8 Å². The normalized spacial score (nSPS) is 27.0. The first-order chi connectivity index (χ1) is 11.9. The zero-order valence-electron chi connectivity index (χ0n) is 15.0. The van der Waals surface area contributed by atoms with Crippen molar-refractivity contribution in [2.24, 2.45) is 0 Å². The molecule has 0 aromatic heterocycles. The minimum atomic E-state index is -0.148. The summed E-state index contributed by atoms with van der Waals surface area (Å²) in [5.41, 5.74) is -0.148. The third-order valence-corrected chi connectivity index (χ3v) is 4.50. The molecule has 0 atom stereocenters. The summed E-state index contributed by atoms with van der Waals surface area (Å²) < 4.78 is 34.1. The molecule has 1 saturated heterocycles. The Kier molecular flexibility index (Phi) is 10.9. The van der Waals surface area contributed by atoms with Crippen molar-refractivity contribution in [3.05, 3.63) is 0 Å². The second-order valence-electron chi connectivity index (χ2n) is 6.45. The van der Waals surface area contributed by atoms with Gasteiger partial charge in [0, 0.05) is 0 Å². The molecule has 24 heavy (non-hydrogen) atoms. The van der Waals surface area contributed by atoms with Crippen LogP contribution in [0.5, 0.6) is 0 Å². The van der Waals surface area contributed by atoms with Crippen LogP contribution in [0.2, 0.25) is 0 Å². The van der Waals surface area contributed by atoms with E-state index in [1.54, 1.807) is 0 Å². The van der Waals surface area contributed by atoms with E-state index < -0.39 is 0 Å². The molecule has 1 heterocycles. The average molecular weight is 346 g/mol. The SMILES string of the molecule is C1CCCC2(CC1)COCCOCCOCCOCCOCCO2. The fourth-order valence-corrected chi connectivity index (χ4v) is 3.16. The Morgan fingerprint density at radius 3 is 1.33 bits per heavy atom. The van der Waals surface area contributed by atoms with Gasteiger partial charge in [-0.2, -0.15) is 0 Å². The minimum absolute atomic E-state index is 0.148. The van der Waals surface area contributed by atoms with E-state index in [9.17, 15) is 0 Å². The number of ether oxygens (including phenoxy) is 6. The summed E-state index contributed by atoms with van der Waals surface area (Å²) in [6.45, 7) is 6.61. The van der Waals surface area contributed by atoms with Gasteiger partial charge in [-0.05, 0) is 12.8 Å². The van der Waals surface area contributed by atoms with Crippen molar-refractivity contribution in [1.29, 1.82) is 0 Å². The largest absolute Gasteiger partial charge is 0.377 e. The molecule has 2 fully saturated rings. The van der Waals surface area contributed by atoms with Crippen molar-refractivity contribution in [1.82, 2.24) is 0 Å². The van der Waals surface area contributed by atoms with E-state index in [-0.39, 0.29) is 5.60 Å². The predicted molar refractivity (Wildman–Crippen MR) is 90.5 cm³/mol. The van der Waals surface area contributed by atoms with Gasteiger partial charge in [0.1, 0.15) is 0 Å².